The Morgan fingerprint density at radius 2 is 1.68 bits per heavy atom. The van der Waals surface area contributed by atoms with E-state index >= 15 is 0 Å². The highest BCUT2D eigenvalue weighted by molar-refractivity contribution is 9.10. The zero-order chi connectivity index (χ0) is 22.2. The van der Waals surface area contributed by atoms with Gasteiger partial charge in [-0.05, 0) is 52.0 Å². The van der Waals surface area contributed by atoms with Gasteiger partial charge in [0.25, 0.3) is 5.91 Å². The summed E-state index contributed by atoms with van der Waals surface area (Å²) in [5, 5.41) is 7.92. The Labute approximate surface area is 193 Å². The van der Waals surface area contributed by atoms with Crippen molar-refractivity contribution < 1.29 is 19.1 Å². The number of hydrogen-bond donors (Lipinski definition) is 2. The van der Waals surface area contributed by atoms with E-state index in [1.54, 1.807) is 18.2 Å². The maximum Gasteiger partial charge on any atom is 0.306 e. The lowest BCUT2D eigenvalue weighted by atomic mass is 10.1. The van der Waals surface area contributed by atoms with Crippen LogP contribution in [0.2, 0.25) is 5.02 Å². The molecule has 0 atom stereocenters. The van der Waals surface area contributed by atoms with Crippen LogP contribution in [0.4, 0.5) is 11.4 Å². The second-order valence-corrected chi connectivity index (χ2v) is 8.03. The van der Waals surface area contributed by atoms with Gasteiger partial charge >= 0.3 is 5.97 Å². The molecule has 3 aromatic rings. The second-order valence-electron chi connectivity index (χ2n) is 6.77. The van der Waals surface area contributed by atoms with Gasteiger partial charge in [-0.3, -0.25) is 14.4 Å². The van der Waals surface area contributed by atoms with Gasteiger partial charge in [0.05, 0.1) is 5.02 Å². The third-order valence-corrected chi connectivity index (χ3v) is 5.65. The molecule has 2 N–H and O–H groups in total. The molecule has 3 rings (SSSR count). The largest absolute Gasteiger partial charge is 0.456 e. The first-order chi connectivity index (χ1) is 14.9. The number of nitrogens with one attached hydrogen (secondary N) is 2. The van der Waals surface area contributed by atoms with Crippen LogP contribution in [0.5, 0.6) is 0 Å². The number of benzene rings is 3. The van der Waals surface area contributed by atoms with Crippen LogP contribution in [0, 0.1) is 0 Å². The topological polar surface area (TPSA) is 84.5 Å². The van der Waals surface area contributed by atoms with E-state index in [-0.39, 0.29) is 18.7 Å². The molecule has 6 nitrogen and oxygen atoms in total. The summed E-state index contributed by atoms with van der Waals surface area (Å²) < 4.78 is 5.67. The van der Waals surface area contributed by atoms with Crippen molar-refractivity contribution >= 4 is 67.5 Å². The van der Waals surface area contributed by atoms with Crippen LogP contribution in [0.15, 0.2) is 65.1 Å². The maximum absolute atomic E-state index is 12.2. The highest BCUT2D eigenvalue weighted by Crippen LogP contribution is 2.25. The summed E-state index contributed by atoms with van der Waals surface area (Å²) in [6.07, 6.45) is 0.529. The minimum absolute atomic E-state index is 0.0420. The van der Waals surface area contributed by atoms with Crippen LogP contribution in [-0.2, 0) is 19.1 Å². The zero-order valence-electron chi connectivity index (χ0n) is 16.5. The molecule has 0 fully saturated rings. The van der Waals surface area contributed by atoms with Gasteiger partial charge in [0, 0.05) is 34.1 Å². The fraction of sp³-hybridized carbons (Fsp3) is 0.174. The van der Waals surface area contributed by atoms with Crippen LogP contribution in [-0.4, -0.2) is 24.4 Å². The van der Waals surface area contributed by atoms with Gasteiger partial charge in [-0.25, -0.2) is 0 Å². The van der Waals surface area contributed by atoms with Crippen LogP contribution in [0.3, 0.4) is 0 Å². The van der Waals surface area contributed by atoms with Crippen molar-refractivity contribution in [1.29, 1.82) is 0 Å². The van der Waals surface area contributed by atoms with E-state index in [4.69, 9.17) is 16.3 Å². The molecule has 0 saturated heterocycles. The van der Waals surface area contributed by atoms with Gasteiger partial charge in [-0.15, -0.1) is 0 Å². The van der Waals surface area contributed by atoms with E-state index in [0.717, 1.165) is 16.5 Å². The van der Waals surface area contributed by atoms with Crippen molar-refractivity contribution in [3.8, 4) is 0 Å². The summed E-state index contributed by atoms with van der Waals surface area (Å²) >= 11 is 9.24. The van der Waals surface area contributed by atoms with E-state index in [9.17, 15) is 14.4 Å². The highest BCUT2D eigenvalue weighted by atomic mass is 79.9. The van der Waals surface area contributed by atoms with Crippen molar-refractivity contribution in [3.05, 3.63) is 70.2 Å². The molecule has 2 amide bonds. The Morgan fingerprint density at radius 3 is 2.48 bits per heavy atom. The minimum Gasteiger partial charge on any atom is -0.456 e. The van der Waals surface area contributed by atoms with Gasteiger partial charge < -0.3 is 15.4 Å². The molecule has 0 spiro atoms. The summed E-state index contributed by atoms with van der Waals surface area (Å²) in [6.45, 7) is -0.408. The fourth-order valence-corrected chi connectivity index (χ4v) is 3.36. The highest BCUT2D eigenvalue weighted by Gasteiger charge is 2.11. The maximum atomic E-state index is 12.2. The molecule has 0 aromatic heterocycles. The van der Waals surface area contributed by atoms with Crippen molar-refractivity contribution in [1.82, 2.24) is 0 Å². The number of esters is 1. The number of carbonyl (C=O) groups excluding carboxylic acids is 3. The SMILES string of the molecule is O=C(COC(=O)CCCC(=O)Nc1cccc2ccccc12)Nc1ccc(Br)c(Cl)c1. The summed E-state index contributed by atoms with van der Waals surface area (Å²) in [5.74, 6) is -1.20. The zero-order valence-corrected chi connectivity index (χ0v) is 18.8. The number of anilines is 2. The molecule has 0 bridgehead atoms. The summed E-state index contributed by atoms with van der Waals surface area (Å²) in [4.78, 5) is 36.0. The van der Waals surface area contributed by atoms with Gasteiger partial charge in [0.2, 0.25) is 5.91 Å². The summed E-state index contributed by atoms with van der Waals surface area (Å²) in [5.41, 5.74) is 1.23. The number of ether oxygens (including phenoxy) is 1. The minimum atomic E-state index is -0.540. The molecule has 8 heteroatoms. The summed E-state index contributed by atoms with van der Waals surface area (Å²) in [7, 11) is 0. The van der Waals surface area contributed by atoms with Crippen molar-refractivity contribution in [2.24, 2.45) is 0 Å². The lowest BCUT2D eigenvalue weighted by Crippen LogP contribution is -2.21. The molecule has 0 heterocycles. The van der Waals surface area contributed by atoms with Gasteiger partial charge in [0.1, 0.15) is 0 Å². The number of fused-ring (bicyclic) bond motifs is 1. The Bertz CT molecular complexity index is 1110. The fourth-order valence-electron chi connectivity index (χ4n) is 2.93. The van der Waals surface area contributed by atoms with E-state index in [0.29, 0.717) is 21.6 Å². The third kappa shape index (κ3) is 6.80. The molecule has 0 radical (unpaired) electrons. The van der Waals surface area contributed by atoms with E-state index in [1.165, 1.54) is 0 Å². The molecular weight excluding hydrogens is 484 g/mol. The van der Waals surface area contributed by atoms with Crippen molar-refractivity contribution in [2.75, 3.05) is 17.2 Å². The van der Waals surface area contributed by atoms with Crippen molar-refractivity contribution in [2.45, 2.75) is 19.3 Å². The average molecular weight is 504 g/mol. The third-order valence-electron chi connectivity index (χ3n) is 4.42. The van der Waals surface area contributed by atoms with Crippen LogP contribution >= 0.6 is 27.5 Å². The first-order valence-electron chi connectivity index (χ1n) is 9.60. The molecule has 0 aliphatic carbocycles. The molecule has 0 saturated carbocycles. The van der Waals surface area contributed by atoms with Gasteiger partial charge in [-0.2, -0.15) is 0 Å². The molecular formula is C23H20BrClN2O4. The predicted molar refractivity (Wildman–Crippen MR) is 125 cm³/mol. The number of carbonyl (C=O) groups is 3. The van der Waals surface area contributed by atoms with Crippen LogP contribution in [0.1, 0.15) is 19.3 Å². The standard InChI is InChI=1S/C23H20BrClN2O4/c24-18-12-11-16(13-19(18)25)26-22(29)14-31-23(30)10-4-9-21(28)27-20-8-3-6-15-5-1-2-7-17(15)20/h1-3,5-8,11-13H,4,9-10,14H2,(H,26,29)(H,27,28). The molecule has 0 aliphatic rings. The Balaban J connectivity index is 1.38. The quantitative estimate of drug-likeness (QED) is 0.395. The summed E-state index contributed by atoms with van der Waals surface area (Å²) in [6, 6.07) is 18.4. The number of hydrogen-bond acceptors (Lipinski definition) is 4. The molecule has 0 unspecified atom stereocenters. The normalized spacial score (nSPS) is 10.5. The molecule has 0 aliphatic heterocycles. The Morgan fingerprint density at radius 1 is 0.903 bits per heavy atom. The van der Waals surface area contributed by atoms with E-state index < -0.39 is 18.5 Å². The number of halogens is 2. The van der Waals surface area contributed by atoms with E-state index in [1.807, 2.05) is 42.5 Å². The molecule has 31 heavy (non-hydrogen) atoms. The number of amides is 2. The van der Waals surface area contributed by atoms with Crippen LogP contribution < -0.4 is 10.6 Å². The number of rotatable bonds is 8. The van der Waals surface area contributed by atoms with Crippen LogP contribution in [0.25, 0.3) is 10.8 Å². The first-order valence-corrected chi connectivity index (χ1v) is 10.8. The predicted octanol–water partition coefficient (Wildman–Crippen LogP) is 5.55. The first kappa shape index (κ1) is 22.8. The Kier molecular flexibility index (Phi) is 8.03. The van der Waals surface area contributed by atoms with Gasteiger partial charge in [-0.1, -0.05) is 48.0 Å². The lowest BCUT2D eigenvalue weighted by molar-refractivity contribution is -0.147. The second kappa shape index (κ2) is 10.9. The smallest absolute Gasteiger partial charge is 0.306 e. The Hall–Kier alpha value is -2.90. The van der Waals surface area contributed by atoms with Crippen molar-refractivity contribution in [3.63, 3.8) is 0 Å². The van der Waals surface area contributed by atoms with Gasteiger partial charge in [0.15, 0.2) is 6.61 Å². The average Bonchev–Trinajstić information content (AvgIpc) is 2.75. The lowest BCUT2D eigenvalue weighted by Gasteiger charge is -2.09. The monoisotopic (exact) mass is 502 g/mol. The molecule has 160 valence electrons. The molecule has 3 aromatic carbocycles. The van der Waals surface area contributed by atoms with E-state index in [2.05, 4.69) is 26.6 Å².